The molecule has 2 rings (SSSR count). The summed E-state index contributed by atoms with van der Waals surface area (Å²) in [5, 5.41) is 14.0. The van der Waals surface area contributed by atoms with E-state index < -0.39 is 12.1 Å². The van der Waals surface area contributed by atoms with Crippen molar-refractivity contribution in [1.82, 2.24) is 0 Å². The summed E-state index contributed by atoms with van der Waals surface area (Å²) in [6.45, 7) is 4.25. The van der Waals surface area contributed by atoms with Crippen molar-refractivity contribution in [2.24, 2.45) is 5.16 Å². The smallest absolute Gasteiger partial charge is 0.333 e. The van der Waals surface area contributed by atoms with E-state index in [0.717, 1.165) is 16.7 Å². The Morgan fingerprint density at radius 2 is 2.00 bits per heavy atom. The van der Waals surface area contributed by atoms with Crippen molar-refractivity contribution in [3.63, 3.8) is 0 Å². The Kier molecular flexibility index (Phi) is 7.63. The molecule has 2 aromatic carbocycles. The van der Waals surface area contributed by atoms with Crippen LogP contribution in [0.3, 0.4) is 0 Å². The quantitative estimate of drug-likeness (QED) is 0.523. The highest BCUT2D eigenvalue weighted by atomic mass is 35.5. The van der Waals surface area contributed by atoms with Crippen LogP contribution in [-0.4, -0.2) is 29.5 Å². The van der Waals surface area contributed by atoms with E-state index in [9.17, 15) is 9.90 Å². The molecule has 0 unspecified atom stereocenters. The topological polar surface area (TPSA) is 68.1 Å². The molecule has 0 spiro atoms. The van der Waals surface area contributed by atoms with E-state index in [1.54, 1.807) is 13.0 Å². The summed E-state index contributed by atoms with van der Waals surface area (Å²) >= 11 is 6.09. The molecule has 26 heavy (non-hydrogen) atoms. The van der Waals surface area contributed by atoms with Gasteiger partial charge in [-0.25, -0.2) is 4.79 Å². The Hall–Kier alpha value is -2.37. The van der Waals surface area contributed by atoms with Crippen LogP contribution in [-0.2, 0) is 27.4 Å². The van der Waals surface area contributed by atoms with Crippen molar-refractivity contribution in [3.8, 4) is 0 Å². The fraction of sp³-hybridized carbons (Fsp3) is 0.300. The van der Waals surface area contributed by atoms with Gasteiger partial charge in [-0.05, 0) is 37.1 Å². The maximum atomic E-state index is 11.2. The second kappa shape index (κ2) is 9.94. The number of halogens is 1. The van der Waals surface area contributed by atoms with Crippen LogP contribution in [0.25, 0.3) is 0 Å². The molecule has 6 heteroatoms. The molecular weight excluding hydrogens is 354 g/mol. The van der Waals surface area contributed by atoms with Gasteiger partial charge in [0.25, 0.3) is 0 Å². The molecule has 2 aromatic rings. The Labute approximate surface area is 158 Å². The normalized spacial score (nSPS) is 12.7. The number of ether oxygens (including phenoxy) is 1. The van der Waals surface area contributed by atoms with Gasteiger partial charge in [0.1, 0.15) is 6.61 Å². The third-order valence-corrected chi connectivity index (χ3v) is 4.16. The van der Waals surface area contributed by atoms with Crippen molar-refractivity contribution in [3.05, 3.63) is 70.2 Å². The van der Waals surface area contributed by atoms with Crippen molar-refractivity contribution >= 4 is 23.3 Å². The van der Waals surface area contributed by atoms with Gasteiger partial charge in [-0.2, -0.15) is 0 Å². The Bertz CT molecular complexity index is 776. The standard InChI is InChI=1S/C20H22ClNO4/c1-3-25-19(20(23)24)12-15-7-6-9-16(11-15)14(2)22-26-13-17-8-4-5-10-18(17)21/h4-11,19H,3,12-13H2,1-2H3,(H,23,24)/b22-14+/t19-/m1/s1. The lowest BCUT2D eigenvalue weighted by Crippen LogP contribution is -2.26. The van der Waals surface area contributed by atoms with E-state index in [2.05, 4.69) is 5.16 Å². The van der Waals surface area contributed by atoms with E-state index in [0.29, 0.717) is 23.8 Å². The molecular formula is C20H22ClNO4. The van der Waals surface area contributed by atoms with Gasteiger partial charge >= 0.3 is 5.97 Å². The molecule has 0 heterocycles. The highest BCUT2D eigenvalue weighted by Crippen LogP contribution is 2.16. The average molecular weight is 376 g/mol. The predicted octanol–water partition coefficient (Wildman–Crippen LogP) is 4.31. The first kappa shape index (κ1) is 19.9. The molecule has 0 aliphatic heterocycles. The molecule has 0 radical (unpaired) electrons. The van der Waals surface area contributed by atoms with Gasteiger partial charge in [-0.15, -0.1) is 0 Å². The number of oxime groups is 1. The minimum Gasteiger partial charge on any atom is -0.479 e. The molecule has 5 nitrogen and oxygen atoms in total. The summed E-state index contributed by atoms with van der Waals surface area (Å²) in [5.74, 6) is -0.967. The molecule has 0 fully saturated rings. The van der Waals surface area contributed by atoms with Crippen LogP contribution in [0.2, 0.25) is 5.02 Å². The van der Waals surface area contributed by atoms with Crippen LogP contribution in [0, 0.1) is 0 Å². The minimum absolute atomic E-state index is 0.280. The number of nitrogens with zero attached hydrogens (tertiary/aromatic N) is 1. The maximum absolute atomic E-state index is 11.2. The Balaban J connectivity index is 2.03. The number of hydrogen-bond acceptors (Lipinski definition) is 4. The summed E-state index contributed by atoms with van der Waals surface area (Å²) < 4.78 is 5.27. The van der Waals surface area contributed by atoms with Crippen LogP contribution < -0.4 is 0 Å². The molecule has 138 valence electrons. The fourth-order valence-corrected chi connectivity index (χ4v) is 2.61. The zero-order valence-electron chi connectivity index (χ0n) is 14.8. The number of carboxylic acid groups (broad SMARTS) is 1. The van der Waals surface area contributed by atoms with Crippen LogP contribution in [0.1, 0.15) is 30.5 Å². The van der Waals surface area contributed by atoms with Crippen LogP contribution >= 0.6 is 11.6 Å². The number of carbonyl (C=O) groups is 1. The summed E-state index contributed by atoms with van der Waals surface area (Å²) in [7, 11) is 0. The van der Waals surface area contributed by atoms with Crippen LogP contribution in [0.15, 0.2) is 53.7 Å². The molecule has 0 saturated carbocycles. The average Bonchev–Trinajstić information content (AvgIpc) is 2.63. The minimum atomic E-state index is -0.967. The third-order valence-electron chi connectivity index (χ3n) is 3.79. The molecule has 0 aromatic heterocycles. The summed E-state index contributed by atoms with van der Waals surface area (Å²) in [6, 6.07) is 15.0. The lowest BCUT2D eigenvalue weighted by molar-refractivity contribution is -0.149. The predicted molar refractivity (Wildman–Crippen MR) is 102 cm³/mol. The van der Waals surface area contributed by atoms with Crippen LogP contribution in [0.5, 0.6) is 0 Å². The summed E-state index contributed by atoms with van der Waals surface area (Å²) in [4.78, 5) is 16.6. The van der Waals surface area contributed by atoms with Crippen LogP contribution in [0.4, 0.5) is 0 Å². The number of carboxylic acids is 1. The van der Waals surface area contributed by atoms with Gasteiger partial charge in [0.2, 0.25) is 0 Å². The second-order valence-electron chi connectivity index (χ2n) is 5.73. The van der Waals surface area contributed by atoms with Gasteiger partial charge < -0.3 is 14.7 Å². The molecule has 0 amide bonds. The summed E-state index contributed by atoms with van der Waals surface area (Å²) in [5.41, 5.74) is 3.29. The number of benzene rings is 2. The van der Waals surface area contributed by atoms with Crippen molar-refractivity contribution in [2.75, 3.05) is 6.61 Å². The van der Waals surface area contributed by atoms with Crippen molar-refractivity contribution in [2.45, 2.75) is 33.0 Å². The van der Waals surface area contributed by atoms with E-state index in [4.69, 9.17) is 21.2 Å². The lowest BCUT2D eigenvalue weighted by Gasteiger charge is -2.13. The van der Waals surface area contributed by atoms with Gasteiger partial charge in [0.05, 0.1) is 5.71 Å². The molecule has 1 atom stereocenters. The Morgan fingerprint density at radius 3 is 2.69 bits per heavy atom. The first-order valence-electron chi connectivity index (χ1n) is 8.35. The first-order valence-corrected chi connectivity index (χ1v) is 8.72. The first-order chi connectivity index (χ1) is 12.5. The second-order valence-corrected chi connectivity index (χ2v) is 6.14. The molecule has 0 bridgehead atoms. The van der Waals surface area contributed by atoms with Gasteiger partial charge in [-0.1, -0.05) is 53.2 Å². The van der Waals surface area contributed by atoms with Gasteiger partial charge in [0.15, 0.2) is 6.10 Å². The van der Waals surface area contributed by atoms with E-state index in [1.165, 1.54) is 0 Å². The van der Waals surface area contributed by atoms with E-state index >= 15 is 0 Å². The van der Waals surface area contributed by atoms with Crippen molar-refractivity contribution < 1.29 is 19.5 Å². The zero-order valence-corrected chi connectivity index (χ0v) is 15.6. The monoisotopic (exact) mass is 375 g/mol. The van der Waals surface area contributed by atoms with E-state index in [1.807, 2.05) is 49.4 Å². The summed E-state index contributed by atoms with van der Waals surface area (Å²) in [6.07, 6.45) is -0.561. The molecule has 0 aliphatic carbocycles. The maximum Gasteiger partial charge on any atom is 0.333 e. The fourth-order valence-electron chi connectivity index (χ4n) is 2.42. The number of hydrogen-bond donors (Lipinski definition) is 1. The third kappa shape index (κ3) is 5.86. The lowest BCUT2D eigenvalue weighted by atomic mass is 10.0. The van der Waals surface area contributed by atoms with Crippen molar-refractivity contribution in [1.29, 1.82) is 0 Å². The van der Waals surface area contributed by atoms with Gasteiger partial charge in [-0.3, -0.25) is 0 Å². The Morgan fingerprint density at radius 1 is 1.23 bits per heavy atom. The highest BCUT2D eigenvalue weighted by molar-refractivity contribution is 6.31. The van der Waals surface area contributed by atoms with Gasteiger partial charge in [0, 0.05) is 23.6 Å². The largest absolute Gasteiger partial charge is 0.479 e. The SMILES string of the molecule is CCO[C@H](Cc1cccc(/C(C)=N/OCc2ccccc2Cl)c1)C(=O)O. The van der Waals surface area contributed by atoms with E-state index in [-0.39, 0.29) is 6.61 Å². The number of aliphatic carboxylic acids is 1. The molecule has 1 N–H and O–H groups in total. The highest BCUT2D eigenvalue weighted by Gasteiger charge is 2.18. The molecule has 0 aliphatic rings. The number of rotatable bonds is 9. The zero-order chi connectivity index (χ0) is 18.9. The molecule has 0 saturated heterocycles.